The molecule has 100 valence electrons. The monoisotopic (exact) mass is 256 g/mol. The van der Waals surface area contributed by atoms with Gasteiger partial charge in [0.1, 0.15) is 0 Å². The summed E-state index contributed by atoms with van der Waals surface area (Å²) in [5.41, 5.74) is 2.06. The van der Waals surface area contributed by atoms with Crippen LogP contribution in [0.2, 0.25) is 0 Å². The van der Waals surface area contributed by atoms with Crippen molar-refractivity contribution in [3.63, 3.8) is 0 Å². The fraction of sp³-hybridized carbons (Fsp3) is 0.294. The molecule has 0 fully saturated rings. The van der Waals surface area contributed by atoms with Crippen LogP contribution in [-0.4, -0.2) is 16.0 Å². The molecule has 0 spiro atoms. The Hall–Kier alpha value is -1.64. The molecule has 0 radical (unpaired) electrons. The first-order chi connectivity index (χ1) is 9.08. The first kappa shape index (κ1) is 13.8. The molecule has 1 atom stereocenters. The van der Waals surface area contributed by atoms with Gasteiger partial charge >= 0.3 is 0 Å². The lowest BCUT2D eigenvalue weighted by atomic mass is 9.89. The van der Waals surface area contributed by atoms with Gasteiger partial charge in [0.15, 0.2) is 5.79 Å². The molecule has 0 bridgehead atoms. The minimum Gasteiger partial charge on any atom is -0.365 e. The van der Waals surface area contributed by atoms with Crippen molar-refractivity contribution in [2.75, 3.05) is 0 Å². The Morgan fingerprint density at radius 1 is 0.842 bits per heavy atom. The lowest BCUT2D eigenvalue weighted by molar-refractivity contribution is -0.194. The van der Waals surface area contributed by atoms with Crippen molar-refractivity contribution < 1.29 is 10.2 Å². The first-order valence-corrected chi connectivity index (χ1v) is 6.60. The van der Waals surface area contributed by atoms with Gasteiger partial charge in [-0.05, 0) is 17.5 Å². The summed E-state index contributed by atoms with van der Waals surface area (Å²) in [5, 5.41) is 20.5. The first-order valence-electron chi connectivity index (χ1n) is 6.60. The van der Waals surface area contributed by atoms with E-state index in [2.05, 4.69) is 0 Å². The van der Waals surface area contributed by atoms with E-state index in [-0.39, 0.29) is 12.3 Å². The van der Waals surface area contributed by atoms with Gasteiger partial charge < -0.3 is 10.2 Å². The molecule has 1 unspecified atom stereocenters. The van der Waals surface area contributed by atoms with Gasteiger partial charge in [0.05, 0.1) is 0 Å². The number of hydrogen-bond acceptors (Lipinski definition) is 2. The fourth-order valence-electron chi connectivity index (χ4n) is 2.20. The van der Waals surface area contributed by atoms with Crippen LogP contribution in [0.4, 0.5) is 0 Å². The SMILES string of the molecule is CC(Cc1ccccc1)C(O)(O)Cc1ccccc1. The zero-order valence-corrected chi connectivity index (χ0v) is 11.2. The van der Waals surface area contributed by atoms with Gasteiger partial charge in [0.2, 0.25) is 0 Å². The molecule has 0 saturated carbocycles. The zero-order chi connectivity index (χ0) is 13.7. The van der Waals surface area contributed by atoms with Crippen LogP contribution in [0.1, 0.15) is 18.1 Å². The molecule has 0 saturated heterocycles. The summed E-state index contributed by atoms with van der Waals surface area (Å²) < 4.78 is 0. The smallest absolute Gasteiger partial charge is 0.169 e. The van der Waals surface area contributed by atoms with Crippen LogP contribution in [0.15, 0.2) is 60.7 Å². The van der Waals surface area contributed by atoms with Crippen molar-refractivity contribution in [1.82, 2.24) is 0 Å². The number of hydrogen-bond donors (Lipinski definition) is 2. The molecule has 2 nitrogen and oxygen atoms in total. The Kier molecular flexibility index (Phi) is 4.35. The van der Waals surface area contributed by atoms with Gasteiger partial charge in [0.25, 0.3) is 0 Å². The molecular formula is C17H20O2. The summed E-state index contributed by atoms with van der Waals surface area (Å²) in [4.78, 5) is 0. The van der Waals surface area contributed by atoms with Crippen molar-refractivity contribution >= 4 is 0 Å². The van der Waals surface area contributed by atoms with Gasteiger partial charge in [-0.1, -0.05) is 67.6 Å². The summed E-state index contributed by atoms with van der Waals surface area (Å²) in [6.45, 7) is 1.87. The maximum Gasteiger partial charge on any atom is 0.169 e. The zero-order valence-electron chi connectivity index (χ0n) is 11.2. The van der Waals surface area contributed by atoms with Gasteiger partial charge in [-0.3, -0.25) is 0 Å². The highest BCUT2D eigenvalue weighted by Gasteiger charge is 2.31. The Morgan fingerprint density at radius 2 is 1.32 bits per heavy atom. The van der Waals surface area contributed by atoms with Crippen LogP contribution in [0, 0.1) is 5.92 Å². The second-order valence-electron chi connectivity index (χ2n) is 5.13. The Morgan fingerprint density at radius 3 is 1.84 bits per heavy atom. The van der Waals surface area contributed by atoms with Gasteiger partial charge in [0, 0.05) is 12.3 Å². The summed E-state index contributed by atoms with van der Waals surface area (Å²) in [5.74, 6) is -1.91. The van der Waals surface area contributed by atoms with Gasteiger partial charge in [-0.25, -0.2) is 0 Å². The van der Waals surface area contributed by atoms with E-state index >= 15 is 0 Å². The highest BCUT2D eigenvalue weighted by atomic mass is 16.5. The quantitative estimate of drug-likeness (QED) is 0.808. The highest BCUT2D eigenvalue weighted by Crippen LogP contribution is 2.23. The van der Waals surface area contributed by atoms with E-state index in [1.165, 1.54) is 0 Å². The number of benzene rings is 2. The van der Waals surface area contributed by atoms with Crippen molar-refractivity contribution in [3.8, 4) is 0 Å². The predicted octanol–water partition coefficient (Wildman–Crippen LogP) is 2.79. The maximum atomic E-state index is 10.3. The van der Waals surface area contributed by atoms with Crippen molar-refractivity contribution in [3.05, 3.63) is 71.8 Å². The molecule has 0 aliphatic heterocycles. The highest BCUT2D eigenvalue weighted by molar-refractivity contribution is 5.18. The fourth-order valence-corrected chi connectivity index (χ4v) is 2.20. The van der Waals surface area contributed by atoms with E-state index in [9.17, 15) is 10.2 Å². The molecule has 0 aliphatic rings. The molecule has 0 aliphatic carbocycles. The standard InChI is InChI=1S/C17H20O2/c1-14(12-15-8-4-2-5-9-15)17(18,19)13-16-10-6-3-7-11-16/h2-11,14,18-19H,12-13H2,1H3. The van der Waals surface area contributed by atoms with E-state index in [0.29, 0.717) is 6.42 Å². The van der Waals surface area contributed by atoms with E-state index in [1.807, 2.05) is 67.6 Å². The summed E-state index contributed by atoms with van der Waals surface area (Å²) in [6.07, 6.45) is 0.905. The average molecular weight is 256 g/mol. The molecule has 19 heavy (non-hydrogen) atoms. The summed E-state index contributed by atoms with van der Waals surface area (Å²) in [6, 6.07) is 19.5. The van der Waals surface area contributed by atoms with Gasteiger partial charge in [-0.15, -0.1) is 0 Å². The molecule has 2 heteroatoms. The Labute approximate surface area is 114 Å². The summed E-state index contributed by atoms with van der Waals surface area (Å²) >= 11 is 0. The van der Waals surface area contributed by atoms with E-state index in [4.69, 9.17) is 0 Å². The van der Waals surface area contributed by atoms with Crippen molar-refractivity contribution in [2.24, 2.45) is 5.92 Å². The van der Waals surface area contributed by atoms with Crippen molar-refractivity contribution in [2.45, 2.75) is 25.6 Å². The molecule has 2 rings (SSSR count). The van der Waals surface area contributed by atoms with E-state index in [1.54, 1.807) is 0 Å². The largest absolute Gasteiger partial charge is 0.365 e. The van der Waals surface area contributed by atoms with Crippen LogP contribution < -0.4 is 0 Å². The van der Waals surface area contributed by atoms with Crippen LogP contribution in [0.3, 0.4) is 0 Å². The predicted molar refractivity (Wildman–Crippen MR) is 76.6 cm³/mol. The molecule has 2 aromatic rings. The topological polar surface area (TPSA) is 40.5 Å². The number of aliphatic hydroxyl groups is 2. The molecular weight excluding hydrogens is 236 g/mol. The van der Waals surface area contributed by atoms with Crippen LogP contribution in [0.25, 0.3) is 0 Å². The van der Waals surface area contributed by atoms with Crippen LogP contribution in [0.5, 0.6) is 0 Å². The normalized spacial score (nSPS) is 13.2. The van der Waals surface area contributed by atoms with Gasteiger partial charge in [-0.2, -0.15) is 0 Å². The molecule has 0 amide bonds. The second kappa shape index (κ2) is 6.00. The number of rotatable bonds is 5. The second-order valence-corrected chi connectivity index (χ2v) is 5.13. The minimum atomic E-state index is -1.68. The Bertz CT molecular complexity index is 491. The lowest BCUT2D eigenvalue weighted by Crippen LogP contribution is -2.39. The van der Waals surface area contributed by atoms with Crippen LogP contribution in [-0.2, 0) is 12.8 Å². The molecule has 0 heterocycles. The Balaban J connectivity index is 2.02. The molecule has 2 aromatic carbocycles. The lowest BCUT2D eigenvalue weighted by Gasteiger charge is -2.29. The molecule has 0 aromatic heterocycles. The third-order valence-corrected chi connectivity index (χ3v) is 3.48. The van der Waals surface area contributed by atoms with E-state index < -0.39 is 5.79 Å². The van der Waals surface area contributed by atoms with E-state index in [0.717, 1.165) is 11.1 Å². The summed E-state index contributed by atoms with van der Waals surface area (Å²) in [7, 11) is 0. The minimum absolute atomic E-state index is 0.227. The average Bonchev–Trinajstić information content (AvgIpc) is 2.40. The third-order valence-electron chi connectivity index (χ3n) is 3.48. The molecule has 2 N–H and O–H groups in total. The van der Waals surface area contributed by atoms with Crippen LogP contribution >= 0.6 is 0 Å². The van der Waals surface area contributed by atoms with Crippen molar-refractivity contribution in [1.29, 1.82) is 0 Å². The maximum absolute atomic E-state index is 10.3. The third kappa shape index (κ3) is 3.91.